The Labute approximate surface area is 117 Å². The summed E-state index contributed by atoms with van der Waals surface area (Å²) in [6.07, 6.45) is 0. The van der Waals surface area contributed by atoms with Gasteiger partial charge in [0.05, 0.1) is 0 Å². The summed E-state index contributed by atoms with van der Waals surface area (Å²) in [6, 6.07) is 8.29. The Bertz CT molecular complexity index is 502. The standard InChI is InChI=1S/C14H17NO5/c1-14(2,3)20-11(16)9-19-15-12(13(17)18)10-7-5-4-6-8-10/h4-8H,9H2,1-3H3,(H,17,18). The van der Waals surface area contributed by atoms with Crippen molar-refractivity contribution >= 4 is 17.7 Å². The highest BCUT2D eigenvalue weighted by Crippen LogP contribution is 2.07. The van der Waals surface area contributed by atoms with E-state index in [1.807, 2.05) is 0 Å². The Balaban J connectivity index is 2.67. The Morgan fingerprint density at radius 3 is 2.30 bits per heavy atom. The number of nitrogens with zero attached hydrogens (tertiary/aromatic N) is 1. The van der Waals surface area contributed by atoms with Gasteiger partial charge in [0.15, 0.2) is 5.71 Å². The van der Waals surface area contributed by atoms with Crippen LogP contribution in [0, 0.1) is 0 Å². The van der Waals surface area contributed by atoms with E-state index in [0.717, 1.165) is 0 Å². The smallest absolute Gasteiger partial charge is 0.358 e. The predicted molar refractivity (Wildman–Crippen MR) is 72.4 cm³/mol. The SMILES string of the molecule is CC(C)(C)OC(=O)CON=C(C(=O)O)c1ccccc1. The molecule has 108 valence electrons. The average Bonchev–Trinajstić information content (AvgIpc) is 2.33. The van der Waals surface area contributed by atoms with Gasteiger partial charge in [0.25, 0.3) is 0 Å². The lowest BCUT2D eigenvalue weighted by atomic mass is 10.1. The van der Waals surface area contributed by atoms with Gasteiger partial charge >= 0.3 is 11.9 Å². The number of hydrogen-bond acceptors (Lipinski definition) is 5. The molecule has 0 heterocycles. The molecule has 0 aliphatic rings. The summed E-state index contributed by atoms with van der Waals surface area (Å²) in [5.41, 5.74) is -0.502. The third-order valence-corrected chi connectivity index (χ3v) is 2.01. The van der Waals surface area contributed by atoms with E-state index in [-0.39, 0.29) is 5.71 Å². The lowest BCUT2D eigenvalue weighted by Crippen LogP contribution is -2.26. The van der Waals surface area contributed by atoms with Crippen LogP contribution in [0.2, 0.25) is 0 Å². The molecule has 1 rings (SSSR count). The molecule has 1 aromatic carbocycles. The molecule has 0 aliphatic carbocycles. The molecule has 0 atom stereocenters. The Kier molecular flexibility index (Phi) is 5.25. The second-order valence-corrected chi connectivity index (χ2v) is 4.97. The molecular weight excluding hydrogens is 262 g/mol. The second kappa shape index (κ2) is 6.70. The lowest BCUT2D eigenvalue weighted by molar-refractivity contribution is -0.160. The van der Waals surface area contributed by atoms with Gasteiger partial charge in [0, 0.05) is 5.56 Å². The van der Waals surface area contributed by atoms with Crippen LogP contribution < -0.4 is 0 Å². The molecule has 0 spiro atoms. The van der Waals surface area contributed by atoms with Crippen LogP contribution in [0.3, 0.4) is 0 Å². The number of oxime groups is 1. The third kappa shape index (κ3) is 5.51. The van der Waals surface area contributed by atoms with E-state index in [2.05, 4.69) is 5.16 Å². The Morgan fingerprint density at radius 2 is 1.80 bits per heavy atom. The summed E-state index contributed by atoms with van der Waals surface area (Å²) in [6.45, 7) is 4.73. The highest BCUT2D eigenvalue weighted by Gasteiger charge is 2.17. The van der Waals surface area contributed by atoms with E-state index in [1.54, 1.807) is 51.1 Å². The summed E-state index contributed by atoms with van der Waals surface area (Å²) >= 11 is 0. The third-order valence-electron chi connectivity index (χ3n) is 2.01. The number of benzene rings is 1. The first-order valence-corrected chi connectivity index (χ1v) is 6.00. The number of carbonyl (C=O) groups is 2. The van der Waals surface area contributed by atoms with Crippen LogP contribution in [0.25, 0.3) is 0 Å². The fraction of sp³-hybridized carbons (Fsp3) is 0.357. The Hall–Kier alpha value is -2.37. The first-order chi connectivity index (χ1) is 9.29. The van der Waals surface area contributed by atoms with Gasteiger partial charge in [0.2, 0.25) is 6.61 Å². The maximum absolute atomic E-state index is 11.4. The van der Waals surface area contributed by atoms with Crippen molar-refractivity contribution in [2.75, 3.05) is 6.61 Å². The quantitative estimate of drug-likeness (QED) is 0.505. The van der Waals surface area contributed by atoms with Gasteiger partial charge < -0.3 is 14.7 Å². The number of aliphatic carboxylic acids is 1. The zero-order valence-corrected chi connectivity index (χ0v) is 11.6. The van der Waals surface area contributed by atoms with Crippen molar-refractivity contribution in [3.05, 3.63) is 35.9 Å². The minimum absolute atomic E-state index is 0.269. The van der Waals surface area contributed by atoms with Crippen LogP contribution in [0.5, 0.6) is 0 Å². The van der Waals surface area contributed by atoms with Crippen LogP contribution in [0.1, 0.15) is 26.3 Å². The van der Waals surface area contributed by atoms with Crippen molar-refractivity contribution in [2.45, 2.75) is 26.4 Å². The molecule has 0 unspecified atom stereocenters. The molecule has 1 N–H and O–H groups in total. The molecule has 0 saturated carbocycles. The van der Waals surface area contributed by atoms with Crippen molar-refractivity contribution in [3.63, 3.8) is 0 Å². The molecule has 0 radical (unpaired) electrons. The molecule has 0 aliphatic heterocycles. The molecule has 0 aromatic heterocycles. The number of esters is 1. The van der Waals surface area contributed by atoms with Gasteiger partial charge in [-0.15, -0.1) is 0 Å². The first kappa shape index (κ1) is 15.7. The van der Waals surface area contributed by atoms with Crippen molar-refractivity contribution < 1.29 is 24.3 Å². The number of carboxylic acid groups (broad SMARTS) is 1. The second-order valence-electron chi connectivity index (χ2n) is 4.97. The van der Waals surface area contributed by atoms with E-state index in [4.69, 9.17) is 14.7 Å². The molecule has 6 heteroatoms. The zero-order valence-electron chi connectivity index (χ0n) is 11.6. The van der Waals surface area contributed by atoms with Crippen molar-refractivity contribution in [1.82, 2.24) is 0 Å². The summed E-state index contributed by atoms with van der Waals surface area (Å²) in [5.74, 6) is -1.85. The average molecular weight is 279 g/mol. The van der Waals surface area contributed by atoms with E-state index in [0.29, 0.717) is 5.56 Å². The van der Waals surface area contributed by atoms with Crippen LogP contribution in [0.15, 0.2) is 35.5 Å². The molecule has 0 saturated heterocycles. The minimum Gasteiger partial charge on any atom is -0.476 e. The topological polar surface area (TPSA) is 85.2 Å². The van der Waals surface area contributed by atoms with Crippen molar-refractivity contribution in [1.29, 1.82) is 0 Å². The number of hydrogen-bond donors (Lipinski definition) is 1. The zero-order chi connectivity index (χ0) is 15.2. The number of carbonyl (C=O) groups excluding carboxylic acids is 1. The minimum atomic E-state index is -1.24. The lowest BCUT2D eigenvalue weighted by Gasteiger charge is -2.18. The first-order valence-electron chi connectivity index (χ1n) is 6.00. The normalized spacial score (nSPS) is 11.8. The highest BCUT2D eigenvalue weighted by atomic mass is 16.7. The van der Waals surface area contributed by atoms with Gasteiger partial charge in [-0.1, -0.05) is 35.5 Å². The molecule has 20 heavy (non-hydrogen) atoms. The van der Waals surface area contributed by atoms with Crippen LogP contribution in [-0.2, 0) is 19.2 Å². The maximum Gasteiger partial charge on any atom is 0.358 e. The fourth-order valence-corrected chi connectivity index (χ4v) is 1.33. The van der Waals surface area contributed by atoms with Gasteiger partial charge in [-0.05, 0) is 20.8 Å². The van der Waals surface area contributed by atoms with Gasteiger partial charge in [-0.2, -0.15) is 0 Å². The van der Waals surface area contributed by atoms with E-state index in [9.17, 15) is 9.59 Å². The van der Waals surface area contributed by atoms with Crippen molar-refractivity contribution in [2.24, 2.45) is 5.16 Å². The van der Waals surface area contributed by atoms with Crippen LogP contribution in [0.4, 0.5) is 0 Å². The predicted octanol–water partition coefficient (Wildman–Crippen LogP) is 1.83. The largest absolute Gasteiger partial charge is 0.476 e. The monoisotopic (exact) mass is 279 g/mol. The summed E-state index contributed by atoms with van der Waals surface area (Å²) in [4.78, 5) is 27.2. The molecule has 1 aromatic rings. The van der Waals surface area contributed by atoms with Gasteiger partial charge in [0.1, 0.15) is 5.60 Å². The van der Waals surface area contributed by atoms with Crippen molar-refractivity contribution in [3.8, 4) is 0 Å². The molecular formula is C14H17NO5. The Morgan fingerprint density at radius 1 is 1.20 bits per heavy atom. The van der Waals surface area contributed by atoms with Gasteiger partial charge in [-0.25, -0.2) is 9.59 Å². The van der Waals surface area contributed by atoms with Crippen LogP contribution in [-0.4, -0.2) is 35.0 Å². The molecule has 0 fully saturated rings. The van der Waals surface area contributed by atoms with E-state index < -0.39 is 24.1 Å². The number of carboxylic acids is 1. The van der Waals surface area contributed by atoms with Gasteiger partial charge in [-0.3, -0.25) is 0 Å². The van der Waals surface area contributed by atoms with Crippen LogP contribution >= 0.6 is 0 Å². The molecule has 0 amide bonds. The van der Waals surface area contributed by atoms with E-state index in [1.165, 1.54) is 0 Å². The highest BCUT2D eigenvalue weighted by molar-refractivity contribution is 6.42. The summed E-state index contributed by atoms with van der Waals surface area (Å²) < 4.78 is 5.01. The number of rotatable bonds is 5. The molecule has 6 nitrogen and oxygen atoms in total. The molecule has 0 bridgehead atoms. The maximum atomic E-state index is 11.4. The number of ether oxygens (including phenoxy) is 1. The fourth-order valence-electron chi connectivity index (χ4n) is 1.33. The summed E-state index contributed by atoms with van der Waals surface area (Å²) in [5, 5.41) is 12.5. The van der Waals surface area contributed by atoms with E-state index >= 15 is 0 Å². The summed E-state index contributed by atoms with van der Waals surface area (Å²) in [7, 11) is 0.